The SMILES string of the molecule is Cc1ccc(Cl)cc1NC(=O)CC1C(=O)Nc2ncnn21. The molecule has 2 aromatic rings. The van der Waals surface area contributed by atoms with Gasteiger partial charge in [-0.05, 0) is 24.6 Å². The molecule has 21 heavy (non-hydrogen) atoms. The number of benzene rings is 1. The number of aromatic nitrogens is 3. The highest BCUT2D eigenvalue weighted by atomic mass is 35.5. The molecule has 3 rings (SSSR count). The second-order valence-corrected chi connectivity index (χ2v) is 5.18. The summed E-state index contributed by atoms with van der Waals surface area (Å²) in [5.74, 6) is -0.218. The van der Waals surface area contributed by atoms with Crippen LogP contribution >= 0.6 is 11.6 Å². The Hall–Kier alpha value is -2.41. The van der Waals surface area contributed by atoms with E-state index in [1.165, 1.54) is 11.0 Å². The molecular weight excluding hydrogens is 294 g/mol. The van der Waals surface area contributed by atoms with Crippen molar-refractivity contribution in [3.8, 4) is 0 Å². The number of hydrogen-bond donors (Lipinski definition) is 2. The first kappa shape index (κ1) is 13.6. The van der Waals surface area contributed by atoms with Gasteiger partial charge in [-0.25, -0.2) is 4.68 Å². The van der Waals surface area contributed by atoms with E-state index in [1.54, 1.807) is 12.1 Å². The summed E-state index contributed by atoms with van der Waals surface area (Å²) in [4.78, 5) is 27.8. The summed E-state index contributed by atoms with van der Waals surface area (Å²) in [7, 11) is 0. The summed E-state index contributed by atoms with van der Waals surface area (Å²) >= 11 is 5.91. The monoisotopic (exact) mass is 305 g/mol. The van der Waals surface area contributed by atoms with E-state index >= 15 is 0 Å². The van der Waals surface area contributed by atoms with E-state index in [9.17, 15) is 9.59 Å². The minimum absolute atomic E-state index is 0.0197. The number of aryl methyl sites for hydroxylation is 1. The van der Waals surface area contributed by atoms with Gasteiger partial charge >= 0.3 is 0 Å². The van der Waals surface area contributed by atoms with Crippen molar-refractivity contribution in [3.63, 3.8) is 0 Å². The van der Waals surface area contributed by atoms with E-state index in [1.807, 2.05) is 13.0 Å². The number of carbonyl (C=O) groups is 2. The molecule has 0 bridgehead atoms. The van der Waals surface area contributed by atoms with E-state index < -0.39 is 6.04 Å². The van der Waals surface area contributed by atoms with Gasteiger partial charge in [0.2, 0.25) is 11.9 Å². The number of nitrogens with one attached hydrogen (secondary N) is 2. The summed E-state index contributed by atoms with van der Waals surface area (Å²) < 4.78 is 1.41. The van der Waals surface area contributed by atoms with Gasteiger partial charge in [-0.1, -0.05) is 17.7 Å². The van der Waals surface area contributed by atoms with Gasteiger partial charge in [0.1, 0.15) is 12.4 Å². The second-order valence-electron chi connectivity index (χ2n) is 4.74. The third-order valence-corrected chi connectivity index (χ3v) is 3.49. The van der Waals surface area contributed by atoms with Gasteiger partial charge in [0.05, 0.1) is 6.42 Å². The zero-order valence-electron chi connectivity index (χ0n) is 11.1. The Morgan fingerprint density at radius 1 is 1.52 bits per heavy atom. The molecule has 0 spiro atoms. The average molecular weight is 306 g/mol. The highest BCUT2D eigenvalue weighted by Gasteiger charge is 2.33. The summed E-state index contributed by atoms with van der Waals surface area (Å²) in [6, 6.07) is 4.56. The lowest BCUT2D eigenvalue weighted by molar-refractivity contribution is -0.123. The molecule has 2 amide bonds. The molecule has 1 aromatic heterocycles. The van der Waals surface area contributed by atoms with Gasteiger partial charge < -0.3 is 5.32 Å². The molecule has 0 saturated heterocycles. The Bertz CT molecular complexity index is 727. The van der Waals surface area contributed by atoms with Gasteiger partial charge in [0, 0.05) is 10.7 Å². The molecule has 0 saturated carbocycles. The molecule has 0 fully saturated rings. The fraction of sp³-hybridized carbons (Fsp3) is 0.231. The Morgan fingerprint density at radius 3 is 3.14 bits per heavy atom. The summed E-state index contributed by atoms with van der Waals surface area (Å²) in [5.41, 5.74) is 1.52. The molecule has 2 heterocycles. The minimum atomic E-state index is -0.679. The van der Waals surface area contributed by atoms with Crippen LogP contribution in [0.4, 0.5) is 11.6 Å². The number of amides is 2. The molecular formula is C13H12ClN5O2. The fourth-order valence-electron chi connectivity index (χ4n) is 2.16. The molecule has 0 radical (unpaired) electrons. The number of fused-ring (bicyclic) bond motifs is 1. The predicted molar refractivity (Wildman–Crippen MR) is 77.1 cm³/mol. The van der Waals surface area contributed by atoms with Crippen LogP contribution in [0, 0.1) is 6.92 Å². The Balaban J connectivity index is 1.73. The van der Waals surface area contributed by atoms with E-state index in [0.717, 1.165) is 5.56 Å². The zero-order valence-corrected chi connectivity index (χ0v) is 11.9. The first-order valence-corrected chi connectivity index (χ1v) is 6.69. The van der Waals surface area contributed by atoms with Gasteiger partial charge in [-0.3, -0.25) is 14.9 Å². The van der Waals surface area contributed by atoms with Crippen molar-refractivity contribution in [2.75, 3.05) is 10.6 Å². The highest BCUT2D eigenvalue weighted by Crippen LogP contribution is 2.25. The van der Waals surface area contributed by atoms with E-state index in [2.05, 4.69) is 20.7 Å². The van der Waals surface area contributed by atoms with E-state index in [4.69, 9.17) is 11.6 Å². The van der Waals surface area contributed by atoms with E-state index in [-0.39, 0.29) is 18.2 Å². The lowest BCUT2D eigenvalue weighted by atomic mass is 10.1. The van der Waals surface area contributed by atoms with Crippen molar-refractivity contribution in [2.24, 2.45) is 0 Å². The Morgan fingerprint density at radius 2 is 2.33 bits per heavy atom. The van der Waals surface area contributed by atoms with Crippen LogP contribution in [0.1, 0.15) is 18.0 Å². The Kier molecular flexibility index (Phi) is 3.34. The molecule has 1 aromatic carbocycles. The van der Waals surface area contributed by atoms with Crippen LogP contribution in [0.2, 0.25) is 5.02 Å². The molecule has 1 aliphatic heterocycles. The summed E-state index contributed by atoms with van der Waals surface area (Å²) in [6.45, 7) is 1.86. The second kappa shape index (κ2) is 5.17. The summed E-state index contributed by atoms with van der Waals surface area (Å²) in [6.07, 6.45) is 1.31. The zero-order chi connectivity index (χ0) is 15.0. The van der Waals surface area contributed by atoms with Crippen molar-refractivity contribution in [1.29, 1.82) is 0 Å². The molecule has 0 aliphatic carbocycles. The normalized spacial score (nSPS) is 16.5. The number of rotatable bonds is 3. The molecule has 1 aliphatic rings. The van der Waals surface area contributed by atoms with Crippen LogP contribution in [0.25, 0.3) is 0 Å². The molecule has 2 N–H and O–H groups in total. The third-order valence-electron chi connectivity index (χ3n) is 3.26. The average Bonchev–Trinajstić information content (AvgIpc) is 2.97. The van der Waals surface area contributed by atoms with Crippen LogP contribution in [-0.4, -0.2) is 26.6 Å². The largest absolute Gasteiger partial charge is 0.326 e. The maximum absolute atomic E-state index is 12.1. The lowest BCUT2D eigenvalue weighted by Gasteiger charge is -2.11. The van der Waals surface area contributed by atoms with Crippen molar-refractivity contribution in [1.82, 2.24) is 14.8 Å². The number of carbonyl (C=O) groups excluding carboxylic acids is 2. The van der Waals surface area contributed by atoms with Gasteiger partial charge in [0.25, 0.3) is 5.91 Å². The quantitative estimate of drug-likeness (QED) is 0.904. The molecule has 7 nitrogen and oxygen atoms in total. The maximum Gasteiger partial charge on any atom is 0.252 e. The standard InChI is InChI=1S/C13H12ClN5O2/c1-7-2-3-8(14)4-9(7)17-11(20)5-10-12(21)18-13-15-6-16-19(10)13/h2-4,6,10H,5H2,1H3,(H,17,20)(H,15,16,18,21). The van der Waals surface area contributed by atoms with Crippen LogP contribution in [0.15, 0.2) is 24.5 Å². The van der Waals surface area contributed by atoms with Crippen molar-refractivity contribution in [2.45, 2.75) is 19.4 Å². The minimum Gasteiger partial charge on any atom is -0.326 e. The Labute approximate surface area is 125 Å². The van der Waals surface area contributed by atoms with Crippen LogP contribution in [-0.2, 0) is 9.59 Å². The van der Waals surface area contributed by atoms with Crippen LogP contribution in [0.5, 0.6) is 0 Å². The fourth-order valence-corrected chi connectivity index (χ4v) is 2.33. The highest BCUT2D eigenvalue weighted by molar-refractivity contribution is 6.31. The van der Waals surface area contributed by atoms with Gasteiger partial charge in [-0.15, -0.1) is 0 Å². The smallest absolute Gasteiger partial charge is 0.252 e. The first-order chi connectivity index (χ1) is 10.0. The number of anilines is 2. The van der Waals surface area contributed by atoms with E-state index in [0.29, 0.717) is 16.7 Å². The lowest BCUT2D eigenvalue weighted by Crippen LogP contribution is -2.23. The topological polar surface area (TPSA) is 88.9 Å². The van der Waals surface area contributed by atoms with Crippen LogP contribution in [0.3, 0.4) is 0 Å². The van der Waals surface area contributed by atoms with Crippen LogP contribution < -0.4 is 10.6 Å². The third kappa shape index (κ3) is 2.59. The maximum atomic E-state index is 12.1. The number of hydrogen-bond acceptors (Lipinski definition) is 4. The number of halogens is 1. The van der Waals surface area contributed by atoms with Crippen molar-refractivity contribution < 1.29 is 9.59 Å². The summed E-state index contributed by atoms with van der Waals surface area (Å²) in [5, 5.41) is 9.80. The molecule has 1 unspecified atom stereocenters. The van der Waals surface area contributed by atoms with Gasteiger partial charge in [-0.2, -0.15) is 10.1 Å². The molecule has 108 valence electrons. The molecule has 8 heteroatoms. The first-order valence-electron chi connectivity index (χ1n) is 6.31. The van der Waals surface area contributed by atoms with Gasteiger partial charge in [0.15, 0.2) is 0 Å². The number of nitrogens with zero attached hydrogens (tertiary/aromatic N) is 3. The van der Waals surface area contributed by atoms with Crippen molar-refractivity contribution in [3.05, 3.63) is 35.1 Å². The molecule has 1 atom stereocenters. The van der Waals surface area contributed by atoms with Crippen molar-refractivity contribution >= 4 is 35.1 Å². The predicted octanol–water partition coefficient (Wildman–Crippen LogP) is 1.76.